The molecule has 1 amide bonds. The van der Waals surface area contributed by atoms with Crippen LogP contribution in [0.5, 0.6) is 0 Å². The lowest BCUT2D eigenvalue weighted by molar-refractivity contribution is -0.123. The van der Waals surface area contributed by atoms with Gasteiger partial charge in [-0.25, -0.2) is 4.79 Å². The van der Waals surface area contributed by atoms with Crippen molar-refractivity contribution in [2.24, 2.45) is 0 Å². The van der Waals surface area contributed by atoms with Crippen LogP contribution in [-0.4, -0.2) is 62.2 Å². The van der Waals surface area contributed by atoms with Gasteiger partial charge in [-0.1, -0.05) is 12.1 Å². The monoisotopic (exact) mass is 547 g/mol. The Kier molecular flexibility index (Phi) is 10.0. The summed E-state index contributed by atoms with van der Waals surface area (Å²) in [5.41, 5.74) is 1.96. The number of aromatic amines is 1. The maximum absolute atomic E-state index is 12.7. The van der Waals surface area contributed by atoms with E-state index in [0.29, 0.717) is 42.8 Å². The largest absolute Gasteiger partial charge is 0.444 e. The maximum Gasteiger partial charge on any atom is 0.410 e. The Balaban J connectivity index is 1.63. The number of nitriles is 1. The fourth-order valence-corrected chi connectivity index (χ4v) is 3.59. The van der Waals surface area contributed by atoms with Crippen molar-refractivity contribution in [3.8, 4) is 6.07 Å². The number of ketones is 1. The molecule has 0 bridgehead atoms. The first kappa shape index (κ1) is 29.9. The molecule has 0 aliphatic heterocycles. The van der Waals surface area contributed by atoms with Gasteiger partial charge in [-0.3, -0.25) is 9.89 Å². The van der Waals surface area contributed by atoms with Crippen LogP contribution in [0.2, 0.25) is 0 Å². The fourth-order valence-electron chi connectivity index (χ4n) is 3.59. The Labute approximate surface area is 234 Å². The highest BCUT2D eigenvalue weighted by Crippen LogP contribution is 2.22. The third-order valence-electron chi connectivity index (χ3n) is 5.82. The number of hydrogen-bond donors (Lipinski definition) is 4. The second-order valence-electron chi connectivity index (χ2n) is 10.4. The Hall–Kier alpha value is -4.66. The van der Waals surface area contributed by atoms with Crippen molar-refractivity contribution >= 4 is 41.0 Å². The van der Waals surface area contributed by atoms with Crippen LogP contribution in [0.25, 0.3) is 0 Å². The van der Waals surface area contributed by atoms with Gasteiger partial charge < -0.3 is 25.6 Å². The van der Waals surface area contributed by atoms with Crippen LogP contribution < -0.4 is 16.0 Å². The zero-order valence-corrected chi connectivity index (χ0v) is 23.8. The van der Waals surface area contributed by atoms with Gasteiger partial charge in [0.15, 0.2) is 11.6 Å². The molecule has 3 aromatic rings. The van der Waals surface area contributed by atoms with Gasteiger partial charge in [-0.2, -0.15) is 20.3 Å². The zero-order chi connectivity index (χ0) is 29.3. The van der Waals surface area contributed by atoms with Crippen molar-refractivity contribution in [2.45, 2.75) is 65.5 Å². The highest BCUT2D eigenvalue weighted by molar-refractivity contribution is 5.87. The number of carbonyl (C=O) groups is 2. The van der Waals surface area contributed by atoms with E-state index >= 15 is 0 Å². The molecule has 2 heterocycles. The molecule has 0 saturated carbocycles. The molecule has 4 N–H and O–H groups in total. The second kappa shape index (κ2) is 13.4. The minimum Gasteiger partial charge on any atom is -0.444 e. The highest BCUT2D eigenvalue weighted by Gasteiger charge is 2.26. The molecule has 0 unspecified atom stereocenters. The molecule has 12 heteroatoms. The van der Waals surface area contributed by atoms with Crippen LogP contribution in [0.3, 0.4) is 0 Å². The van der Waals surface area contributed by atoms with E-state index < -0.39 is 17.7 Å². The molecule has 0 spiro atoms. The van der Waals surface area contributed by atoms with E-state index in [2.05, 4.69) is 42.2 Å². The van der Waals surface area contributed by atoms with Gasteiger partial charge in [-0.15, -0.1) is 0 Å². The lowest BCUT2D eigenvalue weighted by Gasteiger charge is -2.28. The number of benzene rings is 1. The molecule has 12 nitrogen and oxygen atoms in total. The van der Waals surface area contributed by atoms with Gasteiger partial charge in [0.1, 0.15) is 17.2 Å². The van der Waals surface area contributed by atoms with E-state index in [9.17, 15) is 9.59 Å². The summed E-state index contributed by atoms with van der Waals surface area (Å²) in [4.78, 5) is 35.4. The first-order chi connectivity index (χ1) is 18.9. The summed E-state index contributed by atoms with van der Waals surface area (Å²) in [6.07, 6.45) is 0.634. The van der Waals surface area contributed by atoms with E-state index in [0.717, 1.165) is 16.9 Å². The lowest BCUT2D eigenvalue weighted by atomic mass is 10.1. The number of ether oxygens (including phenoxy) is 1. The van der Waals surface area contributed by atoms with E-state index in [1.165, 1.54) is 4.90 Å². The number of hydrogen-bond acceptors (Lipinski definition) is 10. The molecule has 0 aliphatic carbocycles. The molecule has 3 rings (SSSR count). The molecular weight excluding hydrogens is 510 g/mol. The SMILES string of the molecule is Cc1cc(Nc2cc(NCCCC(=O)[C@H](C)N(C)C(=O)OC(C)(C)C)nc(Nc3ccc(CC#N)cc3)n2)n[nH]1. The summed E-state index contributed by atoms with van der Waals surface area (Å²) in [6, 6.07) is 12.6. The Morgan fingerprint density at radius 2 is 1.80 bits per heavy atom. The summed E-state index contributed by atoms with van der Waals surface area (Å²) in [7, 11) is 1.57. The van der Waals surface area contributed by atoms with E-state index in [1.807, 2.05) is 37.3 Å². The van der Waals surface area contributed by atoms with Crippen molar-refractivity contribution in [3.63, 3.8) is 0 Å². The Morgan fingerprint density at radius 1 is 1.10 bits per heavy atom. The maximum atomic E-state index is 12.7. The number of nitrogens with zero attached hydrogens (tertiary/aromatic N) is 5. The number of H-pyrrole nitrogens is 1. The minimum absolute atomic E-state index is 0.0590. The highest BCUT2D eigenvalue weighted by atomic mass is 16.6. The number of aryl methyl sites for hydroxylation is 1. The average Bonchev–Trinajstić information content (AvgIpc) is 3.30. The van der Waals surface area contributed by atoms with Gasteiger partial charge in [0.2, 0.25) is 5.95 Å². The molecule has 1 atom stereocenters. The van der Waals surface area contributed by atoms with Gasteiger partial charge >= 0.3 is 6.09 Å². The third kappa shape index (κ3) is 9.27. The van der Waals surface area contributed by atoms with Gasteiger partial charge in [0.05, 0.1) is 18.5 Å². The lowest BCUT2D eigenvalue weighted by Crippen LogP contribution is -2.43. The first-order valence-electron chi connectivity index (χ1n) is 13.1. The average molecular weight is 548 g/mol. The summed E-state index contributed by atoms with van der Waals surface area (Å²) in [5, 5.41) is 25.6. The van der Waals surface area contributed by atoms with E-state index in [4.69, 9.17) is 10.00 Å². The van der Waals surface area contributed by atoms with Gasteiger partial charge in [-0.05, 0) is 58.7 Å². The molecule has 0 radical (unpaired) electrons. The van der Waals surface area contributed by atoms with Crippen molar-refractivity contribution in [3.05, 3.63) is 47.7 Å². The number of amides is 1. The Bertz CT molecular complexity index is 1340. The fraction of sp³-hybridized carbons (Fsp3) is 0.429. The molecule has 2 aromatic heterocycles. The van der Waals surface area contributed by atoms with Gasteiger partial charge in [0.25, 0.3) is 0 Å². The molecule has 1 aromatic carbocycles. The van der Waals surface area contributed by atoms with Crippen molar-refractivity contribution < 1.29 is 14.3 Å². The smallest absolute Gasteiger partial charge is 0.410 e. The molecule has 0 saturated heterocycles. The number of likely N-dealkylation sites (N-methyl/N-ethyl adjacent to an activating group) is 1. The van der Waals surface area contributed by atoms with Crippen molar-refractivity contribution in [1.82, 2.24) is 25.1 Å². The number of carbonyl (C=O) groups excluding carboxylic acids is 2. The number of rotatable bonds is 12. The molecule has 0 aliphatic rings. The number of Topliss-reactive ketones (excluding diaryl/α,β-unsaturated/α-hetero) is 1. The third-order valence-corrected chi connectivity index (χ3v) is 5.82. The van der Waals surface area contributed by atoms with E-state index in [1.54, 1.807) is 40.8 Å². The molecular formula is C28H37N9O3. The number of nitrogens with one attached hydrogen (secondary N) is 4. The summed E-state index contributed by atoms with van der Waals surface area (Å²) < 4.78 is 5.36. The van der Waals surface area contributed by atoms with Gasteiger partial charge in [0, 0.05) is 43.5 Å². The summed E-state index contributed by atoms with van der Waals surface area (Å²) in [6.45, 7) is 9.44. The summed E-state index contributed by atoms with van der Waals surface area (Å²) >= 11 is 0. The molecule has 40 heavy (non-hydrogen) atoms. The first-order valence-corrected chi connectivity index (χ1v) is 13.1. The minimum atomic E-state index is -0.631. The quantitative estimate of drug-likeness (QED) is 0.225. The van der Waals surface area contributed by atoms with E-state index in [-0.39, 0.29) is 12.2 Å². The summed E-state index contributed by atoms with van der Waals surface area (Å²) in [5.74, 6) is 1.99. The van der Waals surface area contributed by atoms with Crippen molar-refractivity contribution in [1.29, 1.82) is 5.26 Å². The van der Waals surface area contributed by atoms with Crippen LogP contribution >= 0.6 is 0 Å². The Morgan fingerprint density at radius 3 is 2.42 bits per heavy atom. The number of aromatic nitrogens is 4. The molecule has 0 fully saturated rings. The second-order valence-corrected chi connectivity index (χ2v) is 10.4. The normalized spacial score (nSPS) is 11.7. The van der Waals surface area contributed by atoms with Crippen LogP contribution in [0.15, 0.2) is 36.4 Å². The predicted molar refractivity (Wildman–Crippen MR) is 154 cm³/mol. The van der Waals surface area contributed by atoms with Crippen molar-refractivity contribution in [2.75, 3.05) is 29.5 Å². The molecule has 212 valence electrons. The van der Waals surface area contributed by atoms with Crippen LogP contribution in [-0.2, 0) is 16.0 Å². The predicted octanol–water partition coefficient (Wildman–Crippen LogP) is 5.08. The van der Waals surface area contributed by atoms with Crippen LogP contribution in [0, 0.1) is 18.3 Å². The number of anilines is 5. The van der Waals surface area contributed by atoms with Crippen LogP contribution in [0.1, 0.15) is 51.8 Å². The standard InChI is InChI=1S/C28H37N9O3/c1-18-16-25(36-35-18)32-24-17-23(33-26(34-24)31-21-11-9-20(10-12-21)13-14-29)30-15-7-8-22(38)19(2)37(6)27(39)40-28(3,4)5/h9-12,16-17,19H,7-8,13,15H2,1-6H3,(H4,30,31,32,33,34,35,36)/t19-/m0/s1. The topological polar surface area (TPSA) is 161 Å². The zero-order valence-electron chi connectivity index (χ0n) is 23.8. The van der Waals surface area contributed by atoms with Crippen LogP contribution in [0.4, 0.5) is 33.9 Å².